The Balaban J connectivity index is 0.00000272. The number of carbonyl (C=O) groups excluding carboxylic acids is 1. The maximum Gasteiger partial charge on any atom is 0.257 e. The van der Waals surface area contributed by atoms with E-state index < -0.39 is 33.1 Å². The Morgan fingerprint density at radius 1 is 1.13 bits per heavy atom. The van der Waals surface area contributed by atoms with Gasteiger partial charge in [0.2, 0.25) is 10.0 Å². The summed E-state index contributed by atoms with van der Waals surface area (Å²) in [7, 11) is -3.22. The summed E-state index contributed by atoms with van der Waals surface area (Å²) in [5.41, 5.74) is -0.822. The number of sulfonamides is 1. The maximum atomic E-state index is 14.0. The molecule has 2 unspecified atom stereocenters. The van der Waals surface area contributed by atoms with Gasteiger partial charge in [0, 0.05) is 38.3 Å². The van der Waals surface area contributed by atoms with Crippen molar-refractivity contribution in [2.24, 2.45) is 11.8 Å². The van der Waals surface area contributed by atoms with Gasteiger partial charge in [0.05, 0.1) is 5.75 Å². The van der Waals surface area contributed by atoms with E-state index in [0.717, 1.165) is 25.0 Å². The second-order valence-corrected chi connectivity index (χ2v) is 11.0. The van der Waals surface area contributed by atoms with Crippen LogP contribution in [0.3, 0.4) is 0 Å². The summed E-state index contributed by atoms with van der Waals surface area (Å²) < 4.78 is 54.2. The van der Waals surface area contributed by atoms with E-state index in [1.54, 1.807) is 4.31 Å². The third kappa shape index (κ3) is 4.89. The quantitative estimate of drug-likeness (QED) is 0.655. The van der Waals surface area contributed by atoms with Gasteiger partial charge in [-0.2, -0.15) is 4.31 Å². The van der Waals surface area contributed by atoms with Gasteiger partial charge in [-0.15, -0.1) is 12.4 Å². The first-order chi connectivity index (χ1) is 14.3. The molecule has 1 aliphatic heterocycles. The summed E-state index contributed by atoms with van der Waals surface area (Å²) in [6, 6.07) is 3.39. The average molecular weight is 478 g/mol. The number of piperazine rings is 1. The Labute approximate surface area is 188 Å². The highest BCUT2D eigenvalue weighted by molar-refractivity contribution is 7.89. The van der Waals surface area contributed by atoms with Crippen molar-refractivity contribution < 1.29 is 22.0 Å². The molecule has 4 rings (SSSR count). The lowest BCUT2D eigenvalue weighted by molar-refractivity contribution is 0.0457. The van der Waals surface area contributed by atoms with Crippen LogP contribution in [0.2, 0.25) is 0 Å². The summed E-state index contributed by atoms with van der Waals surface area (Å²) in [4.78, 5) is 14.8. The number of nitrogens with one attached hydrogen (secondary N) is 1. The van der Waals surface area contributed by atoms with E-state index in [1.807, 2.05) is 6.92 Å². The van der Waals surface area contributed by atoms with E-state index in [0.29, 0.717) is 51.0 Å². The Bertz CT molecular complexity index is 892. The zero-order chi connectivity index (χ0) is 21.5. The van der Waals surface area contributed by atoms with E-state index in [9.17, 15) is 22.0 Å². The van der Waals surface area contributed by atoms with Crippen LogP contribution in [0.4, 0.5) is 8.78 Å². The second-order valence-electron chi connectivity index (χ2n) is 8.87. The molecule has 2 atom stereocenters. The molecule has 1 aromatic carbocycles. The Hall–Kier alpha value is -1.29. The molecule has 2 saturated carbocycles. The predicted molar refractivity (Wildman–Crippen MR) is 117 cm³/mol. The number of rotatable bonds is 7. The Kier molecular flexibility index (Phi) is 7.30. The normalized spacial score (nSPS) is 28.6. The average Bonchev–Trinajstić information content (AvgIpc) is 3.32. The van der Waals surface area contributed by atoms with Crippen molar-refractivity contribution in [1.82, 2.24) is 14.5 Å². The van der Waals surface area contributed by atoms with Gasteiger partial charge in [-0.3, -0.25) is 9.69 Å². The van der Waals surface area contributed by atoms with Gasteiger partial charge in [-0.1, -0.05) is 13.0 Å². The van der Waals surface area contributed by atoms with Gasteiger partial charge in [0.25, 0.3) is 5.91 Å². The number of halogens is 3. The van der Waals surface area contributed by atoms with Crippen molar-refractivity contribution in [2.75, 3.05) is 38.5 Å². The molecule has 174 valence electrons. The lowest BCUT2D eigenvalue weighted by atomic mass is 9.89. The number of amides is 1. The summed E-state index contributed by atoms with van der Waals surface area (Å²) in [5.74, 6) is -1.05. The molecule has 0 bridgehead atoms. The van der Waals surface area contributed by atoms with Crippen LogP contribution in [0.1, 0.15) is 43.0 Å². The fourth-order valence-corrected chi connectivity index (χ4v) is 6.75. The van der Waals surface area contributed by atoms with E-state index in [1.165, 1.54) is 12.5 Å². The minimum Gasteiger partial charge on any atom is -0.350 e. The van der Waals surface area contributed by atoms with Crippen molar-refractivity contribution in [1.29, 1.82) is 0 Å². The van der Waals surface area contributed by atoms with E-state index in [-0.39, 0.29) is 23.7 Å². The first kappa shape index (κ1) is 24.4. The van der Waals surface area contributed by atoms with Crippen LogP contribution in [0.25, 0.3) is 0 Å². The SMILES string of the molecule is CCCS(=O)(=O)N1CCN(C2(CNC(=O)c3c(F)cccc3F)CC3CC3C2)CC1.Cl. The lowest BCUT2D eigenvalue weighted by Gasteiger charge is -2.46. The zero-order valence-electron chi connectivity index (χ0n) is 17.6. The number of benzene rings is 1. The van der Waals surface area contributed by atoms with Crippen molar-refractivity contribution in [3.05, 3.63) is 35.4 Å². The molecule has 1 amide bonds. The number of carbonyl (C=O) groups is 1. The molecule has 1 aromatic rings. The minimum atomic E-state index is -3.22. The number of fused-ring (bicyclic) bond motifs is 1. The van der Waals surface area contributed by atoms with Gasteiger partial charge >= 0.3 is 0 Å². The molecule has 2 aliphatic carbocycles. The van der Waals surface area contributed by atoms with E-state index in [4.69, 9.17) is 0 Å². The molecule has 10 heteroatoms. The van der Waals surface area contributed by atoms with Crippen LogP contribution in [0.5, 0.6) is 0 Å². The van der Waals surface area contributed by atoms with Gasteiger partial charge in [0.1, 0.15) is 17.2 Å². The minimum absolute atomic E-state index is 0. The topological polar surface area (TPSA) is 69.7 Å². The van der Waals surface area contributed by atoms with Gasteiger partial charge in [-0.05, 0) is 49.7 Å². The third-order valence-electron chi connectivity index (χ3n) is 6.89. The number of hydrogen-bond acceptors (Lipinski definition) is 4. The molecule has 0 spiro atoms. The molecule has 1 N–H and O–H groups in total. The van der Waals surface area contributed by atoms with Crippen molar-refractivity contribution in [2.45, 2.75) is 38.1 Å². The van der Waals surface area contributed by atoms with E-state index >= 15 is 0 Å². The smallest absolute Gasteiger partial charge is 0.257 e. The highest BCUT2D eigenvalue weighted by atomic mass is 35.5. The highest BCUT2D eigenvalue weighted by Gasteiger charge is 2.56. The third-order valence-corrected chi connectivity index (χ3v) is 8.96. The van der Waals surface area contributed by atoms with Crippen LogP contribution < -0.4 is 5.32 Å². The highest BCUT2D eigenvalue weighted by Crippen LogP contribution is 2.57. The molecule has 3 aliphatic rings. The molecule has 0 aromatic heterocycles. The Morgan fingerprint density at radius 2 is 1.71 bits per heavy atom. The second kappa shape index (κ2) is 9.29. The lowest BCUT2D eigenvalue weighted by Crippen LogP contribution is -2.61. The molecular weight excluding hydrogens is 448 g/mol. The number of nitrogens with zero attached hydrogens (tertiary/aromatic N) is 2. The van der Waals surface area contributed by atoms with E-state index in [2.05, 4.69) is 10.2 Å². The first-order valence-electron chi connectivity index (χ1n) is 10.7. The molecule has 0 radical (unpaired) electrons. The largest absolute Gasteiger partial charge is 0.350 e. The summed E-state index contributed by atoms with van der Waals surface area (Å²) in [6.45, 7) is 4.26. The van der Waals surface area contributed by atoms with Crippen LogP contribution in [0.15, 0.2) is 18.2 Å². The molecule has 1 heterocycles. The molecular formula is C21H30ClF2N3O3S. The fourth-order valence-electron chi connectivity index (χ4n) is 5.26. The summed E-state index contributed by atoms with van der Waals surface area (Å²) in [6.07, 6.45) is 3.65. The van der Waals surface area contributed by atoms with Crippen molar-refractivity contribution in [3.8, 4) is 0 Å². The zero-order valence-corrected chi connectivity index (χ0v) is 19.3. The summed E-state index contributed by atoms with van der Waals surface area (Å²) >= 11 is 0. The summed E-state index contributed by atoms with van der Waals surface area (Å²) in [5, 5.41) is 2.77. The molecule has 1 saturated heterocycles. The van der Waals surface area contributed by atoms with Crippen molar-refractivity contribution in [3.63, 3.8) is 0 Å². The van der Waals surface area contributed by atoms with Gasteiger partial charge in [-0.25, -0.2) is 17.2 Å². The monoisotopic (exact) mass is 477 g/mol. The van der Waals surface area contributed by atoms with Crippen molar-refractivity contribution >= 4 is 28.3 Å². The van der Waals surface area contributed by atoms with Crippen LogP contribution in [-0.2, 0) is 10.0 Å². The number of hydrogen-bond donors (Lipinski definition) is 1. The van der Waals surface area contributed by atoms with Gasteiger partial charge < -0.3 is 5.32 Å². The molecule has 6 nitrogen and oxygen atoms in total. The Morgan fingerprint density at radius 3 is 2.26 bits per heavy atom. The first-order valence-corrected chi connectivity index (χ1v) is 12.3. The van der Waals surface area contributed by atoms with Crippen LogP contribution >= 0.6 is 12.4 Å². The predicted octanol–water partition coefficient (Wildman–Crippen LogP) is 2.64. The van der Waals surface area contributed by atoms with Crippen LogP contribution in [0, 0.1) is 23.5 Å². The molecule has 31 heavy (non-hydrogen) atoms. The van der Waals surface area contributed by atoms with Gasteiger partial charge in [0.15, 0.2) is 0 Å². The standard InChI is InChI=1S/C21H29F2N3O3S.ClH/c1-2-10-30(28,29)26-8-6-25(7-9-26)21(12-15-11-16(15)13-21)14-24-20(27)19-17(22)4-3-5-18(19)23;/h3-5,15-16H,2,6-14H2,1H3,(H,24,27);1H. The van der Waals surface area contributed by atoms with Crippen LogP contribution in [-0.4, -0.2) is 67.5 Å². The fraction of sp³-hybridized carbons (Fsp3) is 0.667. The maximum absolute atomic E-state index is 14.0. The molecule has 3 fully saturated rings.